The summed E-state index contributed by atoms with van der Waals surface area (Å²) < 4.78 is 0.984. The van der Waals surface area contributed by atoms with Crippen LogP contribution >= 0.6 is 12.8 Å². The van der Waals surface area contributed by atoms with Gasteiger partial charge in [0.1, 0.15) is 0 Å². The maximum Gasteiger partial charge on any atom is 0.338 e. The molecule has 4 amide bonds. The molecule has 0 aliphatic heterocycles. The zero-order valence-corrected chi connectivity index (χ0v) is 15.3. The number of thiol groups is 1. The first-order valence-corrected chi connectivity index (χ1v) is 8.65. The molecule has 3 N–H and O–H groups in total. The highest BCUT2D eigenvalue weighted by Crippen LogP contribution is 2.17. The number of unbranched alkanes of at least 4 members (excludes halogenated alkanes) is 1. The predicted octanol–water partition coefficient (Wildman–Crippen LogP) is 3.33. The van der Waals surface area contributed by atoms with E-state index in [0.717, 1.165) is 29.1 Å². The molecule has 0 aromatic heterocycles. The molecule has 0 bridgehead atoms. The zero-order valence-electron chi connectivity index (χ0n) is 14.4. The summed E-state index contributed by atoms with van der Waals surface area (Å²) in [5, 5.41) is 2.27. The fraction of sp³-hybridized carbons (Fsp3) is 0.211. The Bertz CT molecular complexity index is 789. The van der Waals surface area contributed by atoms with Gasteiger partial charge in [0.2, 0.25) is 5.91 Å². The highest BCUT2D eigenvalue weighted by Gasteiger charge is 2.16. The lowest BCUT2D eigenvalue weighted by Crippen LogP contribution is -2.38. The normalized spacial score (nSPS) is 10.2. The van der Waals surface area contributed by atoms with E-state index in [1.54, 1.807) is 12.1 Å². The van der Waals surface area contributed by atoms with E-state index in [9.17, 15) is 14.4 Å². The third-order valence-corrected chi connectivity index (χ3v) is 4.26. The number of benzene rings is 2. The molecular formula is C19H21N3O3S. The van der Waals surface area contributed by atoms with Gasteiger partial charge in [-0.2, -0.15) is 0 Å². The van der Waals surface area contributed by atoms with Gasteiger partial charge in [-0.15, -0.1) is 0 Å². The third-order valence-electron chi connectivity index (χ3n) is 3.84. The molecule has 2 rings (SSSR count). The van der Waals surface area contributed by atoms with Crippen LogP contribution in [-0.4, -0.2) is 17.8 Å². The highest BCUT2D eigenvalue weighted by molar-refractivity contribution is 7.82. The molecule has 0 spiro atoms. The predicted molar refractivity (Wildman–Crippen MR) is 104 cm³/mol. The van der Waals surface area contributed by atoms with Crippen molar-refractivity contribution in [2.75, 3.05) is 4.31 Å². The molecule has 0 aliphatic rings. The summed E-state index contributed by atoms with van der Waals surface area (Å²) in [6.45, 7) is 2.12. The second kappa shape index (κ2) is 9.05. The van der Waals surface area contributed by atoms with Gasteiger partial charge in [0.15, 0.2) is 0 Å². The number of carbonyl (C=O) groups is 3. The van der Waals surface area contributed by atoms with Crippen molar-refractivity contribution in [1.29, 1.82) is 0 Å². The van der Waals surface area contributed by atoms with Gasteiger partial charge in [0.25, 0.3) is 5.91 Å². The van der Waals surface area contributed by atoms with Crippen molar-refractivity contribution in [2.24, 2.45) is 5.73 Å². The Labute approximate surface area is 157 Å². The molecule has 26 heavy (non-hydrogen) atoms. The molecule has 0 saturated heterocycles. The van der Waals surface area contributed by atoms with Crippen molar-refractivity contribution >= 4 is 36.3 Å². The number of aryl methyl sites for hydroxylation is 1. The molecule has 0 heterocycles. The van der Waals surface area contributed by atoms with Gasteiger partial charge in [-0.1, -0.05) is 38.3 Å². The van der Waals surface area contributed by atoms with E-state index in [1.165, 1.54) is 24.3 Å². The lowest BCUT2D eigenvalue weighted by Gasteiger charge is -2.16. The van der Waals surface area contributed by atoms with Crippen LogP contribution in [-0.2, 0) is 6.42 Å². The minimum absolute atomic E-state index is 0.315. The number of primary amides is 1. The first-order chi connectivity index (χ1) is 12.4. The molecule has 0 saturated carbocycles. The van der Waals surface area contributed by atoms with Gasteiger partial charge >= 0.3 is 6.03 Å². The van der Waals surface area contributed by atoms with E-state index in [4.69, 9.17) is 5.73 Å². The van der Waals surface area contributed by atoms with Crippen molar-refractivity contribution in [3.8, 4) is 0 Å². The van der Waals surface area contributed by atoms with Crippen LogP contribution in [0.2, 0.25) is 0 Å². The van der Waals surface area contributed by atoms with Crippen molar-refractivity contribution in [2.45, 2.75) is 26.2 Å². The molecule has 2 aromatic rings. The highest BCUT2D eigenvalue weighted by atomic mass is 32.1. The summed E-state index contributed by atoms with van der Waals surface area (Å²) in [7, 11) is 0. The molecule has 7 heteroatoms. The van der Waals surface area contributed by atoms with Crippen molar-refractivity contribution in [3.05, 3.63) is 65.2 Å². The van der Waals surface area contributed by atoms with E-state index < -0.39 is 17.8 Å². The number of carbonyl (C=O) groups excluding carboxylic acids is 3. The molecule has 0 atom stereocenters. The van der Waals surface area contributed by atoms with Crippen LogP contribution < -0.4 is 15.4 Å². The standard InChI is InChI=1S/C19H21N3O3S/c1-2-3-4-13-5-7-15(8-6-13)18(24)21-19(25)22(26)16-11-9-14(10-12-16)17(20)23/h5-12,26H,2-4H2,1H3,(H2,20,23)(H,21,24,25). The van der Waals surface area contributed by atoms with Crippen LogP contribution in [0, 0.1) is 0 Å². The number of nitrogens with two attached hydrogens (primary N) is 1. The molecule has 2 aromatic carbocycles. The number of nitrogens with one attached hydrogen (secondary N) is 1. The molecular weight excluding hydrogens is 350 g/mol. The second-order valence-electron chi connectivity index (χ2n) is 5.78. The molecule has 0 fully saturated rings. The number of hydrogen-bond acceptors (Lipinski definition) is 4. The summed E-state index contributed by atoms with van der Waals surface area (Å²) in [6, 6.07) is 12.4. The Morgan fingerprint density at radius 2 is 1.58 bits per heavy atom. The maximum absolute atomic E-state index is 12.2. The fourth-order valence-corrected chi connectivity index (χ4v) is 2.49. The van der Waals surface area contributed by atoms with Gasteiger partial charge in [-0.3, -0.25) is 14.9 Å². The number of rotatable bonds is 6. The number of anilines is 1. The summed E-state index contributed by atoms with van der Waals surface area (Å²) >= 11 is 4.10. The Morgan fingerprint density at radius 1 is 1.00 bits per heavy atom. The molecule has 0 radical (unpaired) electrons. The zero-order chi connectivity index (χ0) is 19.1. The number of imide groups is 1. The van der Waals surface area contributed by atoms with Crippen molar-refractivity contribution in [3.63, 3.8) is 0 Å². The van der Waals surface area contributed by atoms with Crippen LogP contribution in [0.15, 0.2) is 48.5 Å². The average Bonchev–Trinajstić information content (AvgIpc) is 2.66. The van der Waals surface area contributed by atoms with Crippen LogP contribution in [0.1, 0.15) is 46.0 Å². The van der Waals surface area contributed by atoms with E-state index >= 15 is 0 Å². The van der Waals surface area contributed by atoms with E-state index in [0.29, 0.717) is 16.8 Å². The van der Waals surface area contributed by atoms with Crippen LogP contribution in [0.3, 0.4) is 0 Å². The summed E-state index contributed by atoms with van der Waals surface area (Å²) in [6.07, 6.45) is 3.16. The number of amides is 4. The van der Waals surface area contributed by atoms with Crippen LogP contribution in [0.5, 0.6) is 0 Å². The molecule has 6 nitrogen and oxygen atoms in total. The van der Waals surface area contributed by atoms with Gasteiger partial charge in [0.05, 0.1) is 5.69 Å². The minimum Gasteiger partial charge on any atom is -0.366 e. The average molecular weight is 371 g/mol. The monoisotopic (exact) mass is 371 g/mol. The number of hydrogen-bond donors (Lipinski definition) is 3. The summed E-state index contributed by atoms with van der Waals surface area (Å²) in [5.74, 6) is -1.07. The fourth-order valence-electron chi connectivity index (χ4n) is 2.31. The lowest BCUT2D eigenvalue weighted by molar-refractivity contribution is 0.0964. The first-order valence-electron chi connectivity index (χ1n) is 8.25. The number of nitrogens with zero attached hydrogens (tertiary/aromatic N) is 1. The maximum atomic E-state index is 12.2. The van der Waals surface area contributed by atoms with Gasteiger partial charge in [-0.05, 0) is 54.8 Å². The summed E-state index contributed by atoms with van der Waals surface area (Å²) in [5.41, 5.74) is 7.43. The summed E-state index contributed by atoms with van der Waals surface area (Å²) in [4.78, 5) is 35.5. The Kier molecular flexibility index (Phi) is 6.80. The van der Waals surface area contributed by atoms with Crippen LogP contribution in [0.4, 0.5) is 10.5 Å². The molecule has 0 unspecified atom stereocenters. The van der Waals surface area contributed by atoms with E-state index in [2.05, 4.69) is 25.1 Å². The van der Waals surface area contributed by atoms with E-state index in [1.807, 2.05) is 12.1 Å². The Hall–Kier alpha value is -2.80. The van der Waals surface area contributed by atoms with Crippen molar-refractivity contribution < 1.29 is 14.4 Å². The van der Waals surface area contributed by atoms with Gasteiger partial charge in [0, 0.05) is 11.1 Å². The van der Waals surface area contributed by atoms with Crippen molar-refractivity contribution in [1.82, 2.24) is 5.32 Å². The number of urea groups is 1. The second-order valence-corrected chi connectivity index (χ2v) is 6.18. The van der Waals surface area contributed by atoms with Gasteiger partial charge < -0.3 is 5.73 Å². The quantitative estimate of drug-likeness (QED) is 0.680. The third kappa shape index (κ3) is 5.10. The Balaban J connectivity index is 1.99. The van der Waals surface area contributed by atoms with E-state index in [-0.39, 0.29) is 0 Å². The van der Waals surface area contributed by atoms with Crippen LogP contribution in [0.25, 0.3) is 0 Å². The minimum atomic E-state index is -0.694. The first kappa shape index (κ1) is 19.5. The Morgan fingerprint density at radius 3 is 2.12 bits per heavy atom. The lowest BCUT2D eigenvalue weighted by atomic mass is 10.1. The molecule has 0 aliphatic carbocycles. The van der Waals surface area contributed by atoms with Gasteiger partial charge in [-0.25, -0.2) is 9.10 Å². The SMILES string of the molecule is CCCCc1ccc(C(=O)NC(=O)N(S)c2ccc(C(N)=O)cc2)cc1. The topological polar surface area (TPSA) is 92.5 Å². The largest absolute Gasteiger partial charge is 0.366 e. The molecule has 136 valence electrons. The smallest absolute Gasteiger partial charge is 0.338 e.